The largest absolute Gasteiger partial charge is 0.481 e. The van der Waals surface area contributed by atoms with Crippen LogP contribution < -0.4 is 4.74 Å². The van der Waals surface area contributed by atoms with Crippen LogP contribution in [0.1, 0.15) is 0 Å². The molecular weight excluding hydrogens is 394 g/mol. The van der Waals surface area contributed by atoms with Gasteiger partial charge >= 0.3 is 0 Å². The fraction of sp³-hybridized carbons (Fsp3) is 0.588. The molecule has 1 aromatic carbocycles. The molecule has 0 atom stereocenters. The second-order valence-electron chi connectivity index (χ2n) is 6.85. The van der Waals surface area contributed by atoms with Crippen molar-refractivity contribution >= 4 is 16.1 Å². The molecule has 2 aliphatic heterocycles. The van der Waals surface area contributed by atoms with Crippen LogP contribution in [-0.2, 0) is 15.0 Å². The van der Waals surface area contributed by atoms with Crippen LogP contribution in [0.3, 0.4) is 0 Å². The molecule has 0 bridgehead atoms. The summed E-state index contributed by atoms with van der Waals surface area (Å²) < 4.78 is 59.9. The van der Waals surface area contributed by atoms with Crippen LogP contribution in [0, 0.1) is 11.6 Å². The van der Waals surface area contributed by atoms with E-state index in [4.69, 9.17) is 4.74 Å². The maximum Gasteiger partial charge on any atom is 0.282 e. The number of nitrogens with zero attached hydrogens (tertiary/aromatic N) is 4. The zero-order valence-corrected chi connectivity index (χ0v) is 16.5. The maximum atomic E-state index is 13.6. The van der Waals surface area contributed by atoms with Gasteiger partial charge in [-0.05, 0) is 19.2 Å². The molecule has 0 radical (unpaired) electrons. The molecule has 2 saturated heterocycles. The zero-order chi connectivity index (χ0) is 20.3. The Morgan fingerprint density at radius 2 is 1.57 bits per heavy atom. The molecule has 0 saturated carbocycles. The van der Waals surface area contributed by atoms with E-state index in [-0.39, 0.29) is 37.8 Å². The summed E-state index contributed by atoms with van der Waals surface area (Å²) >= 11 is 0. The summed E-state index contributed by atoms with van der Waals surface area (Å²) in [5, 5.41) is 0. The molecule has 8 nitrogen and oxygen atoms in total. The number of halogens is 2. The molecule has 0 unspecified atom stereocenters. The topological polar surface area (TPSA) is 73.4 Å². The van der Waals surface area contributed by atoms with E-state index in [2.05, 4.69) is 4.90 Å². The highest BCUT2D eigenvalue weighted by molar-refractivity contribution is 7.86. The lowest BCUT2D eigenvalue weighted by atomic mass is 10.3. The zero-order valence-electron chi connectivity index (χ0n) is 15.7. The SMILES string of the molecule is CN1CCN(S(=O)(=O)N2CCN(C(=O)COc3ccc(F)cc3F)CC2)CC1. The van der Waals surface area contributed by atoms with Crippen molar-refractivity contribution < 1.29 is 26.7 Å². The Labute approximate surface area is 163 Å². The number of carbonyl (C=O) groups is 1. The average Bonchev–Trinajstić information content (AvgIpc) is 2.67. The first-order valence-corrected chi connectivity index (χ1v) is 10.5. The van der Waals surface area contributed by atoms with Gasteiger partial charge < -0.3 is 14.5 Å². The molecule has 2 aliphatic rings. The predicted octanol–water partition coefficient (Wildman–Crippen LogP) is -0.0200. The number of amides is 1. The Kier molecular flexibility index (Phi) is 6.48. The molecule has 11 heteroatoms. The van der Waals surface area contributed by atoms with Gasteiger partial charge in [-0.1, -0.05) is 0 Å². The van der Waals surface area contributed by atoms with Gasteiger partial charge in [-0.15, -0.1) is 0 Å². The third kappa shape index (κ3) is 4.77. The number of rotatable bonds is 5. The minimum atomic E-state index is -3.54. The number of likely N-dealkylation sites (N-methyl/N-ethyl adjacent to an activating group) is 1. The monoisotopic (exact) mass is 418 g/mol. The van der Waals surface area contributed by atoms with Gasteiger partial charge in [0.25, 0.3) is 16.1 Å². The fourth-order valence-corrected chi connectivity index (χ4v) is 4.75. The lowest BCUT2D eigenvalue weighted by Gasteiger charge is -2.39. The third-order valence-corrected chi connectivity index (χ3v) is 6.99. The number of carbonyl (C=O) groups excluding carboxylic acids is 1. The van der Waals surface area contributed by atoms with E-state index in [1.165, 1.54) is 13.5 Å². The van der Waals surface area contributed by atoms with Gasteiger partial charge in [-0.25, -0.2) is 8.78 Å². The number of hydrogen-bond acceptors (Lipinski definition) is 5. The summed E-state index contributed by atoms with van der Waals surface area (Å²) in [6.45, 7) is 2.76. The first kappa shape index (κ1) is 20.9. The van der Waals surface area contributed by atoms with Gasteiger partial charge in [-0.3, -0.25) is 4.79 Å². The van der Waals surface area contributed by atoms with Crippen molar-refractivity contribution in [1.82, 2.24) is 18.4 Å². The minimum Gasteiger partial charge on any atom is -0.481 e. The average molecular weight is 418 g/mol. The van der Waals surface area contributed by atoms with Crippen LogP contribution in [0.2, 0.25) is 0 Å². The lowest BCUT2D eigenvalue weighted by molar-refractivity contribution is -0.134. The van der Waals surface area contributed by atoms with Crippen molar-refractivity contribution in [3.63, 3.8) is 0 Å². The quantitative estimate of drug-likeness (QED) is 0.672. The van der Waals surface area contributed by atoms with Gasteiger partial charge in [0.2, 0.25) is 0 Å². The number of piperazine rings is 2. The van der Waals surface area contributed by atoms with Crippen molar-refractivity contribution in [2.45, 2.75) is 0 Å². The van der Waals surface area contributed by atoms with Crippen molar-refractivity contribution in [3.8, 4) is 5.75 Å². The lowest BCUT2D eigenvalue weighted by Crippen LogP contribution is -2.57. The van der Waals surface area contributed by atoms with E-state index in [0.717, 1.165) is 12.1 Å². The Morgan fingerprint density at radius 1 is 1.00 bits per heavy atom. The van der Waals surface area contributed by atoms with Gasteiger partial charge in [0.1, 0.15) is 5.82 Å². The normalized spacial score (nSPS) is 20.3. The van der Waals surface area contributed by atoms with Gasteiger partial charge in [-0.2, -0.15) is 17.0 Å². The summed E-state index contributed by atoms with van der Waals surface area (Å²) in [6, 6.07) is 2.85. The summed E-state index contributed by atoms with van der Waals surface area (Å²) in [5.74, 6) is -2.18. The van der Waals surface area contributed by atoms with Gasteiger partial charge in [0.05, 0.1) is 0 Å². The first-order chi connectivity index (χ1) is 13.3. The predicted molar refractivity (Wildman–Crippen MR) is 98.0 cm³/mol. The van der Waals surface area contributed by atoms with Crippen LogP contribution in [-0.4, -0.2) is 98.7 Å². The van der Waals surface area contributed by atoms with Crippen molar-refractivity contribution in [2.24, 2.45) is 0 Å². The van der Waals surface area contributed by atoms with Crippen molar-refractivity contribution in [2.75, 3.05) is 66.0 Å². The second-order valence-corrected chi connectivity index (χ2v) is 8.78. The molecule has 3 rings (SSSR count). The van der Waals surface area contributed by atoms with Crippen LogP contribution in [0.25, 0.3) is 0 Å². The Hall–Kier alpha value is -1.82. The van der Waals surface area contributed by atoms with Crippen LogP contribution in [0.15, 0.2) is 18.2 Å². The number of hydrogen-bond donors (Lipinski definition) is 0. The summed E-state index contributed by atoms with van der Waals surface area (Å²) in [7, 11) is -1.58. The van der Waals surface area contributed by atoms with E-state index in [0.29, 0.717) is 32.2 Å². The Balaban J connectivity index is 1.49. The molecule has 0 aliphatic carbocycles. The van der Waals surface area contributed by atoms with E-state index in [9.17, 15) is 22.0 Å². The smallest absolute Gasteiger partial charge is 0.282 e. The van der Waals surface area contributed by atoms with Gasteiger partial charge in [0.15, 0.2) is 18.2 Å². The van der Waals surface area contributed by atoms with Gasteiger partial charge in [0, 0.05) is 58.4 Å². The molecule has 0 aromatic heterocycles. The van der Waals surface area contributed by atoms with Crippen LogP contribution >= 0.6 is 0 Å². The molecule has 0 N–H and O–H groups in total. The van der Waals surface area contributed by atoms with E-state index < -0.39 is 28.5 Å². The molecule has 156 valence electrons. The molecular formula is C17H24F2N4O4S. The third-order valence-electron chi connectivity index (χ3n) is 4.95. The Morgan fingerprint density at radius 3 is 2.14 bits per heavy atom. The highest BCUT2D eigenvalue weighted by Crippen LogP contribution is 2.18. The van der Waals surface area contributed by atoms with E-state index in [1.54, 1.807) is 0 Å². The molecule has 1 amide bonds. The van der Waals surface area contributed by atoms with Crippen molar-refractivity contribution in [1.29, 1.82) is 0 Å². The minimum absolute atomic E-state index is 0.200. The summed E-state index contributed by atoms with van der Waals surface area (Å²) in [6.07, 6.45) is 0. The van der Waals surface area contributed by atoms with E-state index >= 15 is 0 Å². The van der Waals surface area contributed by atoms with Crippen LogP contribution in [0.4, 0.5) is 8.78 Å². The second kappa shape index (κ2) is 8.68. The fourth-order valence-electron chi connectivity index (χ4n) is 3.17. The number of ether oxygens (including phenoxy) is 1. The molecule has 1 aromatic rings. The van der Waals surface area contributed by atoms with Crippen molar-refractivity contribution in [3.05, 3.63) is 29.8 Å². The molecule has 2 heterocycles. The van der Waals surface area contributed by atoms with Crippen LogP contribution in [0.5, 0.6) is 5.75 Å². The number of benzene rings is 1. The maximum absolute atomic E-state index is 13.6. The summed E-state index contributed by atoms with van der Waals surface area (Å²) in [5.41, 5.74) is 0. The standard InChI is InChI=1S/C17H24F2N4O4S/c1-20-4-8-22(9-5-20)28(25,26)23-10-6-21(7-11-23)17(24)13-27-16-3-2-14(18)12-15(16)19/h2-3,12H,4-11,13H2,1H3. The highest BCUT2D eigenvalue weighted by Gasteiger charge is 2.34. The molecule has 2 fully saturated rings. The molecule has 0 spiro atoms. The first-order valence-electron chi connectivity index (χ1n) is 9.07. The molecule has 28 heavy (non-hydrogen) atoms. The highest BCUT2D eigenvalue weighted by atomic mass is 32.2. The van der Waals surface area contributed by atoms with E-state index in [1.807, 2.05) is 7.05 Å². The summed E-state index contributed by atoms with van der Waals surface area (Å²) in [4.78, 5) is 15.8. The Bertz CT molecular complexity index is 807.